The van der Waals surface area contributed by atoms with E-state index in [9.17, 15) is 18.3 Å². The van der Waals surface area contributed by atoms with Crippen molar-refractivity contribution >= 4 is 57.1 Å². The van der Waals surface area contributed by atoms with E-state index in [0.717, 1.165) is 20.2 Å². The molecule has 9 heteroatoms. The first-order valence-corrected chi connectivity index (χ1v) is 16.8. The summed E-state index contributed by atoms with van der Waals surface area (Å²) < 4.78 is 35.6. The fraction of sp³-hybridized carbons (Fsp3) is 0.276. The molecule has 0 unspecified atom stereocenters. The molecule has 1 N–H and O–H groups in total. The molecule has 2 atom stereocenters. The number of rotatable bonds is 7. The second-order valence-electron chi connectivity index (χ2n) is 10.4. The van der Waals surface area contributed by atoms with Gasteiger partial charge in [-0.3, -0.25) is 4.79 Å². The molecule has 3 aromatic rings. The van der Waals surface area contributed by atoms with Crippen LogP contribution in [0.15, 0.2) is 99.5 Å². The molecule has 200 valence electrons. The molecule has 0 bridgehead atoms. The zero-order valence-corrected chi connectivity index (χ0v) is 25.8. The average Bonchev–Trinajstić information content (AvgIpc) is 2.87. The molecule has 6 nitrogen and oxygen atoms in total. The first-order chi connectivity index (χ1) is 17.9. The van der Waals surface area contributed by atoms with E-state index >= 15 is 0 Å². The summed E-state index contributed by atoms with van der Waals surface area (Å²) in [5.41, 5.74) is 0.903. The topological polar surface area (TPSA) is 83.9 Å². The molecule has 0 amide bonds. The standard InChI is InChI=1S/C29H32INO5SSi/c1-21-15-17-22(18-16-21)37(34,35)31-26(28(33)25(30)19-27(31)32)20-36-38(29(2,3)4,23-11-7-5-8-12-23)24-13-9-6-10-14-24/h5-19,26-27,32H,20H2,1-4H3/t26-,27-/m0/s1. The number of aryl methyl sites for hydroxylation is 1. The summed E-state index contributed by atoms with van der Waals surface area (Å²) in [6.07, 6.45) is -0.229. The van der Waals surface area contributed by atoms with Gasteiger partial charge >= 0.3 is 0 Å². The summed E-state index contributed by atoms with van der Waals surface area (Å²) in [6.45, 7) is 8.00. The number of benzene rings is 3. The van der Waals surface area contributed by atoms with Crippen molar-refractivity contribution in [2.45, 2.75) is 49.9 Å². The minimum absolute atomic E-state index is 0.00991. The Labute approximate surface area is 239 Å². The Hall–Kier alpha value is -2.15. The third-order valence-electron chi connectivity index (χ3n) is 6.87. The lowest BCUT2D eigenvalue weighted by Gasteiger charge is -2.45. The fourth-order valence-corrected chi connectivity index (χ4v) is 11.8. The minimum atomic E-state index is -4.22. The number of ketones is 1. The third-order valence-corrected chi connectivity index (χ3v) is 14.7. The molecule has 0 saturated heterocycles. The average molecular weight is 662 g/mol. The molecule has 3 aromatic carbocycles. The maximum Gasteiger partial charge on any atom is 0.261 e. The summed E-state index contributed by atoms with van der Waals surface area (Å²) in [4.78, 5) is 13.5. The molecule has 0 aliphatic carbocycles. The van der Waals surface area contributed by atoms with Gasteiger partial charge in [0.1, 0.15) is 12.3 Å². The highest BCUT2D eigenvalue weighted by molar-refractivity contribution is 14.1. The third kappa shape index (κ3) is 5.32. The van der Waals surface area contributed by atoms with Crippen molar-refractivity contribution in [1.29, 1.82) is 0 Å². The predicted molar refractivity (Wildman–Crippen MR) is 161 cm³/mol. The molecule has 4 rings (SSSR count). The Bertz CT molecular complexity index is 1380. The Morgan fingerprint density at radius 1 is 0.921 bits per heavy atom. The Kier molecular flexibility index (Phi) is 8.46. The van der Waals surface area contributed by atoms with Crippen molar-refractivity contribution in [2.24, 2.45) is 0 Å². The minimum Gasteiger partial charge on any atom is -0.405 e. The highest BCUT2D eigenvalue weighted by Crippen LogP contribution is 2.38. The summed E-state index contributed by atoms with van der Waals surface area (Å²) in [5, 5.41) is 12.6. The summed E-state index contributed by atoms with van der Waals surface area (Å²) >= 11 is 1.86. The van der Waals surface area contributed by atoms with Crippen LogP contribution in [0.3, 0.4) is 0 Å². The molecule has 0 radical (unpaired) electrons. The quantitative estimate of drug-likeness (QED) is 0.304. The Morgan fingerprint density at radius 3 is 1.89 bits per heavy atom. The van der Waals surface area contributed by atoms with Gasteiger partial charge in [-0.2, -0.15) is 4.31 Å². The van der Waals surface area contributed by atoms with E-state index in [-0.39, 0.29) is 20.1 Å². The molecule has 1 aliphatic rings. The van der Waals surface area contributed by atoms with Gasteiger partial charge in [-0.25, -0.2) is 8.42 Å². The second-order valence-corrected chi connectivity index (χ2v) is 17.7. The molecular formula is C29H32INO5SSi. The van der Waals surface area contributed by atoms with Crippen LogP contribution in [0.5, 0.6) is 0 Å². The maximum absolute atomic E-state index is 13.8. The highest BCUT2D eigenvalue weighted by Gasteiger charge is 2.52. The first kappa shape index (κ1) is 28.8. The van der Waals surface area contributed by atoms with Crippen molar-refractivity contribution in [3.8, 4) is 0 Å². The van der Waals surface area contributed by atoms with E-state index in [2.05, 4.69) is 20.8 Å². The van der Waals surface area contributed by atoms with Gasteiger partial charge in [0.25, 0.3) is 8.32 Å². The number of aliphatic hydroxyl groups excluding tert-OH is 1. The van der Waals surface area contributed by atoms with Crippen LogP contribution in [0.1, 0.15) is 26.3 Å². The number of hydrogen-bond donors (Lipinski definition) is 1. The lowest BCUT2D eigenvalue weighted by Crippen LogP contribution is -2.68. The van der Waals surface area contributed by atoms with Crippen LogP contribution in [-0.2, 0) is 19.2 Å². The van der Waals surface area contributed by atoms with Crippen LogP contribution in [-0.4, -0.2) is 50.8 Å². The second kappa shape index (κ2) is 11.1. The van der Waals surface area contributed by atoms with Crippen LogP contribution in [0.25, 0.3) is 0 Å². The van der Waals surface area contributed by atoms with Crippen LogP contribution >= 0.6 is 22.6 Å². The predicted octanol–water partition coefficient (Wildman–Crippen LogP) is 4.15. The number of nitrogens with zero attached hydrogens (tertiary/aromatic N) is 1. The van der Waals surface area contributed by atoms with Gasteiger partial charge in [-0.15, -0.1) is 0 Å². The smallest absolute Gasteiger partial charge is 0.261 e. The fourth-order valence-electron chi connectivity index (χ4n) is 5.00. The molecule has 0 spiro atoms. The van der Waals surface area contributed by atoms with Crippen molar-refractivity contribution in [3.63, 3.8) is 0 Å². The van der Waals surface area contributed by atoms with Crippen LogP contribution in [0.2, 0.25) is 5.04 Å². The zero-order chi connectivity index (χ0) is 27.7. The Morgan fingerprint density at radius 2 is 1.42 bits per heavy atom. The van der Waals surface area contributed by atoms with Gasteiger partial charge in [-0.05, 0) is 63.1 Å². The van der Waals surface area contributed by atoms with E-state index in [1.807, 2.05) is 90.2 Å². The molecule has 0 saturated carbocycles. The Balaban J connectivity index is 1.83. The van der Waals surface area contributed by atoms with Crippen LogP contribution in [0, 0.1) is 6.92 Å². The summed E-state index contributed by atoms with van der Waals surface area (Å²) in [7, 11) is -7.28. The van der Waals surface area contributed by atoms with Gasteiger partial charge < -0.3 is 9.53 Å². The number of carbonyl (C=O) groups excluding carboxylic acids is 1. The molecule has 1 aliphatic heterocycles. The zero-order valence-electron chi connectivity index (χ0n) is 21.8. The van der Waals surface area contributed by atoms with E-state index in [4.69, 9.17) is 4.43 Å². The number of carbonyl (C=O) groups is 1. The molecule has 0 fully saturated rings. The molecule has 0 aromatic heterocycles. The number of sulfonamides is 1. The monoisotopic (exact) mass is 661 g/mol. The van der Waals surface area contributed by atoms with Crippen molar-refractivity contribution < 1.29 is 22.7 Å². The van der Waals surface area contributed by atoms with Crippen molar-refractivity contribution in [3.05, 3.63) is 100 Å². The van der Waals surface area contributed by atoms with E-state index < -0.39 is 36.4 Å². The number of halogens is 1. The number of hydrogen-bond acceptors (Lipinski definition) is 5. The van der Waals surface area contributed by atoms with Crippen LogP contribution in [0.4, 0.5) is 0 Å². The summed E-state index contributed by atoms with van der Waals surface area (Å²) in [5.74, 6) is -0.399. The van der Waals surface area contributed by atoms with Crippen molar-refractivity contribution in [2.75, 3.05) is 6.61 Å². The van der Waals surface area contributed by atoms with Crippen molar-refractivity contribution in [1.82, 2.24) is 4.31 Å². The maximum atomic E-state index is 13.8. The van der Waals surface area contributed by atoms with Gasteiger partial charge in [-0.1, -0.05) is 99.1 Å². The normalized spacial score (nSPS) is 19.3. The SMILES string of the molecule is Cc1ccc(S(=O)(=O)N2[C@@H](O)C=C(I)C(=O)[C@@H]2CO[Si](c2ccccc2)(c2ccccc2)C(C)(C)C)cc1. The summed E-state index contributed by atoms with van der Waals surface area (Å²) in [6, 6.07) is 25.0. The van der Waals surface area contributed by atoms with E-state index in [1.165, 1.54) is 18.2 Å². The van der Waals surface area contributed by atoms with Crippen LogP contribution < -0.4 is 10.4 Å². The lowest BCUT2D eigenvalue weighted by atomic mass is 10.1. The largest absolute Gasteiger partial charge is 0.405 e. The number of aliphatic hydroxyl groups is 1. The first-order valence-electron chi connectivity index (χ1n) is 12.3. The molecule has 1 heterocycles. The van der Waals surface area contributed by atoms with Gasteiger partial charge in [0, 0.05) is 0 Å². The molecular weight excluding hydrogens is 629 g/mol. The van der Waals surface area contributed by atoms with Gasteiger partial charge in [0.05, 0.1) is 15.1 Å². The van der Waals surface area contributed by atoms with Gasteiger partial charge in [0.15, 0.2) is 5.78 Å². The van der Waals surface area contributed by atoms with E-state index in [1.54, 1.807) is 12.1 Å². The van der Waals surface area contributed by atoms with Gasteiger partial charge in [0.2, 0.25) is 10.0 Å². The highest BCUT2D eigenvalue weighted by atomic mass is 127. The number of Topliss-reactive ketones (excluding diaryl/α,β-unsaturated/α-hetero) is 1. The lowest BCUT2D eigenvalue weighted by molar-refractivity contribution is -0.122. The molecule has 38 heavy (non-hydrogen) atoms. The van der Waals surface area contributed by atoms with E-state index in [0.29, 0.717) is 0 Å².